The van der Waals surface area contributed by atoms with Crippen LogP contribution in [0.1, 0.15) is 35.9 Å². The molecule has 0 aromatic carbocycles. The van der Waals surface area contributed by atoms with E-state index in [1.54, 1.807) is 17.9 Å². The van der Waals surface area contributed by atoms with Crippen LogP contribution in [0.15, 0.2) is 29.4 Å². The minimum Gasteiger partial charge on any atom is -0.343 e. The Morgan fingerprint density at radius 3 is 2.56 bits per heavy atom. The van der Waals surface area contributed by atoms with Crippen molar-refractivity contribution in [3.63, 3.8) is 0 Å². The van der Waals surface area contributed by atoms with Crippen LogP contribution in [0, 0.1) is 12.7 Å². The number of aryl methyl sites for hydroxylation is 2. The van der Waals surface area contributed by atoms with Gasteiger partial charge in [-0.2, -0.15) is 0 Å². The summed E-state index contributed by atoms with van der Waals surface area (Å²) >= 11 is 0. The van der Waals surface area contributed by atoms with Crippen molar-refractivity contribution in [1.29, 1.82) is 0 Å². The Morgan fingerprint density at radius 1 is 1.31 bits per heavy atom. The quantitative estimate of drug-likeness (QED) is 0.644. The number of carbonyl (C=O) groups excluding carboxylic acids is 1. The predicted molar refractivity (Wildman–Crippen MR) is 113 cm³/mol. The molecule has 1 saturated heterocycles. The predicted octanol–water partition coefficient (Wildman–Crippen LogP) is 2.52. The van der Waals surface area contributed by atoms with Gasteiger partial charge in [0.1, 0.15) is 10.6 Å². The number of hydrogen-bond donors (Lipinski definition) is 2. The number of anilines is 1. The number of alkyl halides is 2. The molecule has 2 aromatic rings. The number of hydrogen-bond acceptors (Lipinski definition) is 5. The van der Waals surface area contributed by atoms with E-state index in [2.05, 4.69) is 15.0 Å². The largest absolute Gasteiger partial charge is 0.343 e. The van der Waals surface area contributed by atoms with E-state index < -0.39 is 50.8 Å². The lowest BCUT2D eigenvalue weighted by atomic mass is 10.1. The Labute approximate surface area is 184 Å². The van der Waals surface area contributed by atoms with Crippen LogP contribution < -0.4 is 10.0 Å². The smallest absolute Gasteiger partial charge is 0.275 e. The Balaban J connectivity index is 1.71. The second-order valence-electron chi connectivity index (χ2n) is 8.15. The number of likely N-dealkylation sites (tertiary alicyclic amines) is 1. The number of pyridine rings is 1. The summed E-state index contributed by atoms with van der Waals surface area (Å²) < 4.78 is 70.5. The van der Waals surface area contributed by atoms with Crippen molar-refractivity contribution in [1.82, 2.24) is 19.2 Å². The highest BCUT2D eigenvalue weighted by Gasteiger charge is 2.33. The van der Waals surface area contributed by atoms with Gasteiger partial charge in [0, 0.05) is 43.8 Å². The first-order valence-corrected chi connectivity index (χ1v) is 11.6. The third-order valence-corrected chi connectivity index (χ3v) is 6.66. The molecule has 0 spiro atoms. The second kappa shape index (κ2) is 9.20. The molecule has 176 valence electrons. The van der Waals surface area contributed by atoms with Crippen molar-refractivity contribution in [2.45, 2.75) is 43.5 Å². The highest BCUT2D eigenvalue weighted by atomic mass is 32.2. The Bertz CT molecular complexity index is 1090. The van der Waals surface area contributed by atoms with E-state index in [0.29, 0.717) is 37.3 Å². The van der Waals surface area contributed by atoms with Gasteiger partial charge in [-0.1, -0.05) is 0 Å². The van der Waals surface area contributed by atoms with Crippen LogP contribution in [0.3, 0.4) is 0 Å². The van der Waals surface area contributed by atoms with Crippen LogP contribution in [0.4, 0.5) is 18.9 Å². The zero-order valence-corrected chi connectivity index (χ0v) is 18.8. The summed E-state index contributed by atoms with van der Waals surface area (Å²) in [4.78, 5) is 17.5. The molecule has 8 nitrogen and oxygen atoms in total. The lowest BCUT2D eigenvalue weighted by Crippen LogP contribution is -2.47. The molecule has 0 unspecified atom stereocenters. The molecule has 1 aliphatic heterocycles. The molecule has 0 saturated carbocycles. The zero-order chi connectivity index (χ0) is 23.7. The van der Waals surface area contributed by atoms with E-state index >= 15 is 4.39 Å². The molecular weight excluding hydrogens is 447 g/mol. The van der Waals surface area contributed by atoms with Gasteiger partial charge in [-0.3, -0.25) is 14.7 Å². The lowest BCUT2D eigenvalue weighted by Gasteiger charge is -2.33. The standard InChI is InChI=1S/C20H26F3N5O3S/c1-13-10-15(4-7-24-13)25-19(29)18-17(21)16(11-27(18)3)32(30,31)26-14-5-8-28(9-6-14)12-20(2,22)23/h4,7,10-11,14,26H,5-6,8-9,12H2,1-3H3,(H,24,25,29). The molecule has 0 radical (unpaired) electrons. The number of carbonyl (C=O) groups is 1. The van der Waals surface area contributed by atoms with E-state index in [0.717, 1.165) is 17.7 Å². The SMILES string of the molecule is Cc1cc(NC(=O)c2c(F)c(S(=O)(=O)NC3CCN(CC(C)(F)F)CC3)cn2C)ccn1. The van der Waals surface area contributed by atoms with E-state index in [4.69, 9.17) is 0 Å². The maximum absolute atomic E-state index is 15.0. The molecule has 1 fully saturated rings. The number of rotatable bonds is 7. The number of amides is 1. The molecule has 0 bridgehead atoms. The van der Waals surface area contributed by atoms with Gasteiger partial charge < -0.3 is 9.88 Å². The first kappa shape index (κ1) is 24.2. The minimum absolute atomic E-state index is 0.299. The van der Waals surface area contributed by atoms with Gasteiger partial charge in [-0.15, -0.1) is 0 Å². The lowest BCUT2D eigenvalue weighted by molar-refractivity contribution is -0.0201. The molecular formula is C20H26F3N5O3S. The van der Waals surface area contributed by atoms with Crippen LogP contribution in [0.25, 0.3) is 0 Å². The molecule has 3 heterocycles. The monoisotopic (exact) mass is 473 g/mol. The van der Waals surface area contributed by atoms with Crippen molar-refractivity contribution in [3.05, 3.63) is 41.7 Å². The fourth-order valence-electron chi connectivity index (χ4n) is 3.71. The number of nitrogens with zero attached hydrogens (tertiary/aromatic N) is 3. The van der Waals surface area contributed by atoms with Crippen LogP contribution in [0.5, 0.6) is 0 Å². The van der Waals surface area contributed by atoms with E-state index in [1.165, 1.54) is 19.3 Å². The summed E-state index contributed by atoms with van der Waals surface area (Å²) in [7, 11) is -2.89. The van der Waals surface area contributed by atoms with Gasteiger partial charge in [0.15, 0.2) is 5.82 Å². The van der Waals surface area contributed by atoms with E-state index in [1.807, 2.05) is 0 Å². The fourth-order valence-corrected chi connectivity index (χ4v) is 5.14. The summed E-state index contributed by atoms with van der Waals surface area (Å²) in [6.45, 7) is 2.77. The summed E-state index contributed by atoms with van der Waals surface area (Å²) in [6.07, 6.45) is 3.16. The first-order chi connectivity index (χ1) is 14.9. The van der Waals surface area contributed by atoms with Gasteiger partial charge in [0.25, 0.3) is 11.8 Å². The van der Waals surface area contributed by atoms with Gasteiger partial charge >= 0.3 is 0 Å². The second-order valence-corrected chi connectivity index (χ2v) is 9.83. The van der Waals surface area contributed by atoms with Crippen molar-refractivity contribution in [3.8, 4) is 0 Å². The zero-order valence-electron chi connectivity index (χ0n) is 18.0. The highest BCUT2D eigenvalue weighted by Crippen LogP contribution is 2.24. The van der Waals surface area contributed by atoms with Crippen LogP contribution in [-0.4, -0.2) is 60.4 Å². The van der Waals surface area contributed by atoms with E-state index in [9.17, 15) is 22.0 Å². The van der Waals surface area contributed by atoms with E-state index in [-0.39, 0.29) is 0 Å². The van der Waals surface area contributed by atoms with Crippen molar-refractivity contribution in [2.75, 3.05) is 25.0 Å². The molecule has 1 aliphatic rings. The third kappa shape index (κ3) is 5.87. The van der Waals surface area contributed by atoms with Crippen LogP contribution >= 0.6 is 0 Å². The van der Waals surface area contributed by atoms with Gasteiger partial charge in [-0.05, 0) is 45.0 Å². The number of aromatic nitrogens is 2. The number of halogens is 3. The minimum atomic E-state index is -4.26. The topological polar surface area (TPSA) is 96.3 Å². The highest BCUT2D eigenvalue weighted by molar-refractivity contribution is 7.89. The van der Waals surface area contributed by atoms with Crippen molar-refractivity contribution >= 4 is 21.6 Å². The molecule has 0 atom stereocenters. The van der Waals surface area contributed by atoms with Crippen molar-refractivity contribution in [2.24, 2.45) is 7.05 Å². The first-order valence-electron chi connectivity index (χ1n) is 10.1. The number of sulfonamides is 1. The average Bonchev–Trinajstić information content (AvgIpc) is 2.97. The molecule has 32 heavy (non-hydrogen) atoms. The van der Waals surface area contributed by atoms with Crippen LogP contribution in [-0.2, 0) is 17.1 Å². The maximum Gasteiger partial charge on any atom is 0.275 e. The number of nitrogens with one attached hydrogen (secondary N) is 2. The number of piperidine rings is 1. The molecule has 1 amide bonds. The summed E-state index contributed by atoms with van der Waals surface area (Å²) in [5.41, 5.74) is 0.617. The third-order valence-electron chi connectivity index (χ3n) is 5.16. The van der Waals surface area contributed by atoms with Gasteiger partial charge in [0.05, 0.1) is 6.54 Å². The average molecular weight is 474 g/mol. The maximum atomic E-state index is 15.0. The normalized spacial score (nSPS) is 16.3. The van der Waals surface area contributed by atoms with Crippen molar-refractivity contribution < 1.29 is 26.4 Å². The molecule has 0 aliphatic carbocycles. The molecule has 12 heteroatoms. The molecule has 3 rings (SSSR count). The molecule has 2 aromatic heterocycles. The Hall–Kier alpha value is -2.44. The van der Waals surface area contributed by atoms with Gasteiger partial charge in [-0.25, -0.2) is 26.3 Å². The summed E-state index contributed by atoms with van der Waals surface area (Å²) in [5, 5.41) is 2.53. The Morgan fingerprint density at radius 2 is 1.97 bits per heavy atom. The summed E-state index contributed by atoms with van der Waals surface area (Å²) in [6, 6.07) is 2.61. The Kier molecular flexibility index (Phi) is 6.96. The summed E-state index contributed by atoms with van der Waals surface area (Å²) in [5.74, 6) is -4.79. The molecule has 2 N–H and O–H groups in total. The fraction of sp³-hybridized carbons (Fsp3) is 0.500. The van der Waals surface area contributed by atoms with Crippen LogP contribution in [0.2, 0.25) is 0 Å². The van der Waals surface area contributed by atoms with Gasteiger partial charge in [0.2, 0.25) is 10.0 Å².